The lowest BCUT2D eigenvalue weighted by molar-refractivity contribution is -0.150. The number of nitrogens with zero attached hydrogens (tertiary/aromatic N) is 3. The summed E-state index contributed by atoms with van der Waals surface area (Å²) in [5.41, 5.74) is 1.12. The maximum absolute atomic E-state index is 14.7. The Labute approximate surface area is 381 Å². The number of aromatic hydroxyl groups is 1. The fourth-order valence-electron chi connectivity index (χ4n) is 7.83. The van der Waals surface area contributed by atoms with Crippen LogP contribution in [0.25, 0.3) is 0 Å². The van der Waals surface area contributed by atoms with Gasteiger partial charge in [-0.05, 0) is 81.5 Å². The van der Waals surface area contributed by atoms with Gasteiger partial charge in [-0.3, -0.25) is 24.1 Å². The first-order valence-electron chi connectivity index (χ1n) is 21.9. The van der Waals surface area contributed by atoms with E-state index >= 15 is 0 Å². The molecule has 0 aliphatic carbocycles. The number of Topliss-reactive ketones (excluding diaryl/α,β-unsaturated/α-hetero) is 2. The molecule has 0 radical (unpaired) electrons. The predicted molar refractivity (Wildman–Crippen MR) is 252 cm³/mol. The molecule has 3 N–H and O–H groups in total. The highest BCUT2D eigenvalue weighted by atomic mass is 33.1. The Morgan fingerprint density at radius 1 is 1.10 bits per heavy atom. The number of amides is 3. The molecule has 3 amide bonds. The number of aromatic nitrogens is 1. The Hall–Kier alpha value is -3.44. The predicted octanol–water partition coefficient (Wildman–Crippen LogP) is 8.14. The fourth-order valence-corrected chi connectivity index (χ4v) is 9.72. The Morgan fingerprint density at radius 2 is 1.82 bits per heavy atom. The molecular weight excluding hydrogens is 847 g/mol. The van der Waals surface area contributed by atoms with Crippen molar-refractivity contribution in [2.75, 3.05) is 52.1 Å². The summed E-state index contributed by atoms with van der Waals surface area (Å²) in [5.74, 6) is -0.851. The Bertz CT molecular complexity index is 1730. The number of ether oxygens (including phenoxy) is 2. The maximum atomic E-state index is 14.7. The molecule has 3 rings (SSSR count). The summed E-state index contributed by atoms with van der Waals surface area (Å²) in [6, 6.07) is 5.83. The van der Waals surface area contributed by atoms with Gasteiger partial charge in [-0.2, -0.15) is 0 Å². The molecule has 1 saturated heterocycles. The van der Waals surface area contributed by atoms with Gasteiger partial charge in [0.15, 0.2) is 11.6 Å². The summed E-state index contributed by atoms with van der Waals surface area (Å²) in [7, 11) is 5.15. The first kappa shape index (κ1) is 52.9. The number of piperidine rings is 1. The quantitative estimate of drug-likeness (QED) is 0.0325. The zero-order valence-electron chi connectivity index (χ0n) is 38.1. The number of likely N-dealkylation sites (N-methyl/N-ethyl adjacent to an activating group) is 1. The van der Waals surface area contributed by atoms with E-state index in [4.69, 9.17) is 14.5 Å². The standard InChI is InChI=1S/C46H71N5O8S3/c1-10-20-58-29-51(45(56)37(31(5)11-2)26-41(53)39-14-12-13-19-50(39)8)40(30(3)4)24-33(7)44-49-38(28-61-44)43(55)48-35(25-34-15-17-36(52)18-16-34)23-32(6)42(54)27-47-46(57)59-21-22-62-60-9/h10,15-18,28,30-33,35,37,39-40,52H,1,11-14,19-27,29H2,2-9H3,(H,47,57)(H,48,55)/t31?,32-,33+,35+,37-,39+,40?/m0/s1. The van der Waals surface area contributed by atoms with Crippen LogP contribution in [0.1, 0.15) is 113 Å². The second kappa shape index (κ2) is 27.7. The number of phenolic OH excluding ortho intramolecular Hbond substituents is 1. The molecule has 62 heavy (non-hydrogen) atoms. The molecule has 2 heterocycles. The van der Waals surface area contributed by atoms with E-state index in [1.807, 2.05) is 25.1 Å². The van der Waals surface area contributed by atoms with Crippen LogP contribution in [0.4, 0.5) is 4.79 Å². The first-order chi connectivity index (χ1) is 29.6. The lowest BCUT2D eigenvalue weighted by atomic mass is 9.82. The topological polar surface area (TPSA) is 167 Å². The molecule has 0 spiro atoms. The molecule has 346 valence electrons. The molecule has 7 atom stereocenters. The highest BCUT2D eigenvalue weighted by Gasteiger charge is 2.38. The monoisotopic (exact) mass is 917 g/mol. The zero-order chi connectivity index (χ0) is 45.8. The molecule has 1 aromatic heterocycles. The molecule has 2 unspecified atom stereocenters. The smallest absolute Gasteiger partial charge is 0.407 e. The van der Waals surface area contributed by atoms with Gasteiger partial charge in [0.25, 0.3) is 5.91 Å². The SMILES string of the molecule is C=CCOCN(C(=O)[C@@H](CC(=O)[C@H]1CCCCN1C)C(C)CC)C(C[C@@H](C)c1nc(C(=O)N[C@@H](Cc2ccc(O)cc2)C[C@H](C)C(=O)CNC(=O)OCCSSC)cs1)C(C)C. The van der Waals surface area contributed by atoms with E-state index in [1.54, 1.807) is 64.2 Å². The van der Waals surface area contributed by atoms with Gasteiger partial charge in [-0.25, -0.2) is 9.78 Å². The minimum absolute atomic E-state index is 0.00855. The van der Waals surface area contributed by atoms with Crippen LogP contribution < -0.4 is 10.6 Å². The second-order valence-corrected chi connectivity index (χ2v) is 20.5. The van der Waals surface area contributed by atoms with Crippen molar-refractivity contribution in [3.63, 3.8) is 0 Å². The number of benzene rings is 1. The number of carbonyl (C=O) groups excluding carboxylic acids is 5. The summed E-state index contributed by atoms with van der Waals surface area (Å²) in [5, 5.41) is 18.0. The van der Waals surface area contributed by atoms with Gasteiger partial charge in [0.2, 0.25) is 5.91 Å². The van der Waals surface area contributed by atoms with Crippen LogP contribution in [0.2, 0.25) is 0 Å². The number of hydrogen-bond donors (Lipinski definition) is 3. The first-order valence-corrected chi connectivity index (χ1v) is 25.6. The molecule has 1 aliphatic rings. The van der Waals surface area contributed by atoms with Crippen molar-refractivity contribution in [3.8, 4) is 5.75 Å². The Kier molecular flexibility index (Phi) is 23.6. The summed E-state index contributed by atoms with van der Waals surface area (Å²) >= 11 is 1.38. The third-order valence-electron chi connectivity index (χ3n) is 11.8. The van der Waals surface area contributed by atoms with Crippen molar-refractivity contribution < 1.29 is 38.6 Å². The normalized spacial score (nSPS) is 17.3. The van der Waals surface area contributed by atoms with E-state index < -0.39 is 24.0 Å². The molecule has 16 heteroatoms. The minimum atomic E-state index is -0.653. The molecule has 13 nitrogen and oxygen atoms in total. The number of nitrogens with one attached hydrogen (secondary N) is 2. The van der Waals surface area contributed by atoms with E-state index in [-0.39, 0.29) is 97.6 Å². The molecular formula is C46H71N5O8S3. The zero-order valence-corrected chi connectivity index (χ0v) is 40.5. The van der Waals surface area contributed by atoms with E-state index in [0.717, 1.165) is 42.8 Å². The average molecular weight is 918 g/mol. The Balaban J connectivity index is 1.77. The van der Waals surface area contributed by atoms with Gasteiger partial charge < -0.3 is 30.1 Å². The van der Waals surface area contributed by atoms with Crippen molar-refractivity contribution in [2.24, 2.45) is 23.7 Å². The molecule has 1 aromatic carbocycles. The number of likely N-dealkylation sites (tertiary alicyclic amines) is 1. The molecule has 2 aromatic rings. The van der Waals surface area contributed by atoms with Crippen LogP contribution in [0.5, 0.6) is 5.75 Å². The van der Waals surface area contributed by atoms with E-state index in [9.17, 15) is 29.1 Å². The van der Waals surface area contributed by atoms with Crippen LogP contribution in [-0.4, -0.2) is 120 Å². The summed E-state index contributed by atoms with van der Waals surface area (Å²) in [6.45, 7) is 17.1. The number of alkyl carbamates (subject to hydrolysis) is 1. The minimum Gasteiger partial charge on any atom is -0.508 e. The molecule has 1 aliphatic heterocycles. The third kappa shape index (κ3) is 17.3. The average Bonchev–Trinajstić information content (AvgIpc) is 3.76. The fraction of sp³-hybridized carbons (Fsp3) is 0.652. The van der Waals surface area contributed by atoms with Crippen LogP contribution in [-0.2, 0) is 30.3 Å². The number of carbonyl (C=O) groups is 5. The van der Waals surface area contributed by atoms with Crippen LogP contribution in [0.3, 0.4) is 0 Å². The molecule has 0 bridgehead atoms. The second-order valence-electron chi connectivity index (χ2n) is 16.9. The number of phenols is 1. The van der Waals surface area contributed by atoms with Crippen molar-refractivity contribution >= 4 is 62.4 Å². The van der Waals surface area contributed by atoms with Gasteiger partial charge in [0, 0.05) is 47.4 Å². The largest absolute Gasteiger partial charge is 0.508 e. The lowest BCUT2D eigenvalue weighted by Gasteiger charge is -2.39. The van der Waals surface area contributed by atoms with Crippen molar-refractivity contribution in [3.05, 3.63) is 58.6 Å². The van der Waals surface area contributed by atoms with Gasteiger partial charge in [0.1, 0.15) is 24.8 Å². The number of hydrogen-bond acceptors (Lipinski definition) is 13. The van der Waals surface area contributed by atoms with E-state index in [2.05, 4.69) is 49.8 Å². The number of rotatable bonds is 28. The van der Waals surface area contributed by atoms with E-state index in [0.29, 0.717) is 25.0 Å². The Morgan fingerprint density at radius 3 is 2.47 bits per heavy atom. The van der Waals surface area contributed by atoms with Gasteiger partial charge in [-0.15, -0.1) is 17.9 Å². The van der Waals surface area contributed by atoms with Crippen LogP contribution in [0, 0.1) is 23.7 Å². The van der Waals surface area contributed by atoms with E-state index in [1.165, 1.54) is 11.3 Å². The van der Waals surface area contributed by atoms with Crippen molar-refractivity contribution in [1.29, 1.82) is 0 Å². The van der Waals surface area contributed by atoms with Gasteiger partial charge in [-0.1, -0.05) is 94.2 Å². The summed E-state index contributed by atoms with van der Waals surface area (Å²) in [6.07, 6.45) is 8.05. The van der Waals surface area contributed by atoms with Gasteiger partial charge >= 0.3 is 6.09 Å². The summed E-state index contributed by atoms with van der Waals surface area (Å²) in [4.78, 5) is 76.3. The highest BCUT2D eigenvalue weighted by molar-refractivity contribution is 8.76. The van der Waals surface area contributed by atoms with Crippen LogP contribution in [0.15, 0.2) is 42.3 Å². The number of ketones is 2. The lowest BCUT2D eigenvalue weighted by Crippen LogP contribution is -2.50. The molecule has 1 fully saturated rings. The van der Waals surface area contributed by atoms with Gasteiger partial charge in [0.05, 0.1) is 24.2 Å². The summed E-state index contributed by atoms with van der Waals surface area (Å²) < 4.78 is 11.1. The number of thiazole rings is 1. The highest BCUT2D eigenvalue weighted by Crippen LogP contribution is 2.33. The van der Waals surface area contributed by atoms with Crippen molar-refractivity contribution in [2.45, 2.75) is 117 Å². The van der Waals surface area contributed by atoms with Crippen LogP contribution >= 0.6 is 32.9 Å². The van der Waals surface area contributed by atoms with Crippen molar-refractivity contribution in [1.82, 2.24) is 25.4 Å². The maximum Gasteiger partial charge on any atom is 0.407 e. The third-order valence-corrected chi connectivity index (χ3v) is 14.6. The molecule has 0 saturated carbocycles.